The summed E-state index contributed by atoms with van der Waals surface area (Å²) in [5.74, 6) is -0.500. The Labute approximate surface area is 122 Å². The molecule has 1 N–H and O–H groups in total. The molecule has 0 bridgehead atoms. The van der Waals surface area contributed by atoms with Gasteiger partial charge in [0.2, 0.25) is 11.8 Å². The number of hydrogen-bond donors (Lipinski definition) is 1. The number of pyridine rings is 1. The van der Waals surface area contributed by atoms with Gasteiger partial charge in [-0.25, -0.2) is 0 Å². The standard InChI is InChI=1S/C16H15N3O2/c20-15-9-12(11-19(15)14-6-2-1-3-7-14)16(21)18-13-5-4-8-17-10-13/h1-8,10,12H,9,11H2,(H,18,21)/t12-/m0/s1. The van der Waals surface area contributed by atoms with Crippen LogP contribution in [0, 0.1) is 5.92 Å². The molecule has 1 fully saturated rings. The minimum atomic E-state index is -0.335. The quantitative estimate of drug-likeness (QED) is 0.936. The average molecular weight is 281 g/mol. The van der Waals surface area contributed by atoms with Gasteiger partial charge in [-0.1, -0.05) is 18.2 Å². The van der Waals surface area contributed by atoms with Gasteiger partial charge in [0.15, 0.2) is 0 Å². The highest BCUT2D eigenvalue weighted by Crippen LogP contribution is 2.25. The molecule has 1 aromatic heterocycles. The molecule has 5 nitrogen and oxygen atoms in total. The van der Waals surface area contributed by atoms with Crippen LogP contribution in [0.5, 0.6) is 0 Å². The summed E-state index contributed by atoms with van der Waals surface area (Å²) in [5, 5.41) is 2.80. The maximum Gasteiger partial charge on any atom is 0.229 e. The predicted octanol–water partition coefficient (Wildman–Crippen LogP) is 2.07. The van der Waals surface area contributed by atoms with Gasteiger partial charge in [0, 0.05) is 24.8 Å². The van der Waals surface area contributed by atoms with E-state index < -0.39 is 0 Å². The van der Waals surface area contributed by atoms with Crippen LogP contribution in [0.15, 0.2) is 54.9 Å². The number of rotatable bonds is 3. The van der Waals surface area contributed by atoms with E-state index in [2.05, 4.69) is 10.3 Å². The normalized spacial score (nSPS) is 17.8. The molecule has 3 rings (SSSR count). The van der Waals surface area contributed by atoms with E-state index in [0.717, 1.165) is 5.69 Å². The molecule has 0 spiro atoms. The van der Waals surface area contributed by atoms with Crippen LogP contribution in [0.2, 0.25) is 0 Å². The smallest absolute Gasteiger partial charge is 0.229 e. The number of nitrogens with one attached hydrogen (secondary N) is 1. The molecule has 1 aliphatic rings. The fraction of sp³-hybridized carbons (Fsp3) is 0.188. The van der Waals surface area contributed by atoms with Crippen LogP contribution < -0.4 is 10.2 Å². The van der Waals surface area contributed by atoms with E-state index in [-0.39, 0.29) is 24.2 Å². The second-order valence-corrected chi connectivity index (χ2v) is 4.97. The second-order valence-electron chi connectivity index (χ2n) is 4.97. The summed E-state index contributed by atoms with van der Waals surface area (Å²) >= 11 is 0. The van der Waals surface area contributed by atoms with Gasteiger partial charge in [0.25, 0.3) is 0 Å². The lowest BCUT2D eigenvalue weighted by atomic mass is 10.1. The van der Waals surface area contributed by atoms with Gasteiger partial charge in [0.1, 0.15) is 0 Å². The number of carbonyl (C=O) groups is 2. The van der Waals surface area contributed by atoms with Gasteiger partial charge in [-0.2, -0.15) is 0 Å². The summed E-state index contributed by atoms with van der Waals surface area (Å²) in [6.45, 7) is 0.412. The Balaban J connectivity index is 1.68. The zero-order chi connectivity index (χ0) is 14.7. The molecule has 0 aliphatic carbocycles. The van der Waals surface area contributed by atoms with Crippen molar-refractivity contribution in [2.75, 3.05) is 16.8 Å². The van der Waals surface area contributed by atoms with E-state index in [1.807, 2.05) is 30.3 Å². The highest BCUT2D eigenvalue weighted by Gasteiger charge is 2.35. The molecule has 0 radical (unpaired) electrons. The van der Waals surface area contributed by atoms with E-state index in [9.17, 15) is 9.59 Å². The lowest BCUT2D eigenvalue weighted by Gasteiger charge is -2.16. The van der Waals surface area contributed by atoms with Crippen molar-refractivity contribution < 1.29 is 9.59 Å². The lowest BCUT2D eigenvalue weighted by molar-refractivity contribution is -0.122. The van der Waals surface area contributed by atoms with Crippen molar-refractivity contribution in [3.63, 3.8) is 0 Å². The number of aromatic nitrogens is 1. The van der Waals surface area contributed by atoms with E-state index >= 15 is 0 Å². The molecule has 2 heterocycles. The largest absolute Gasteiger partial charge is 0.324 e. The Morgan fingerprint density at radius 3 is 2.71 bits per heavy atom. The Morgan fingerprint density at radius 1 is 1.19 bits per heavy atom. The number of carbonyl (C=O) groups excluding carboxylic acids is 2. The predicted molar refractivity (Wildman–Crippen MR) is 79.8 cm³/mol. The van der Waals surface area contributed by atoms with E-state index in [4.69, 9.17) is 0 Å². The van der Waals surface area contributed by atoms with Crippen molar-refractivity contribution in [3.05, 3.63) is 54.9 Å². The highest BCUT2D eigenvalue weighted by molar-refractivity contribution is 6.03. The van der Waals surface area contributed by atoms with Crippen molar-refractivity contribution in [1.29, 1.82) is 0 Å². The number of benzene rings is 1. The summed E-state index contributed by atoms with van der Waals surface area (Å²) in [7, 11) is 0. The van der Waals surface area contributed by atoms with Crippen molar-refractivity contribution in [2.45, 2.75) is 6.42 Å². The van der Waals surface area contributed by atoms with Gasteiger partial charge in [0.05, 0.1) is 17.8 Å². The molecule has 0 unspecified atom stereocenters. The summed E-state index contributed by atoms with van der Waals surface area (Å²) in [6.07, 6.45) is 3.47. The number of hydrogen-bond acceptors (Lipinski definition) is 3. The maximum absolute atomic E-state index is 12.2. The first-order valence-corrected chi connectivity index (χ1v) is 6.80. The van der Waals surface area contributed by atoms with Gasteiger partial charge >= 0.3 is 0 Å². The number of para-hydroxylation sites is 1. The Kier molecular flexibility index (Phi) is 3.64. The zero-order valence-electron chi connectivity index (χ0n) is 11.4. The highest BCUT2D eigenvalue weighted by atomic mass is 16.2. The average Bonchev–Trinajstić information content (AvgIpc) is 2.91. The summed E-state index contributed by atoms with van der Waals surface area (Å²) < 4.78 is 0. The van der Waals surface area contributed by atoms with Gasteiger partial charge in [-0.15, -0.1) is 0 Å². The van der Waals surface area contributed by atoms with Crippen LogP contribution in [-0.4, -0.2) is 23.3 Å². The van der Waals surface area contributed by atoms with Gasteiger partial charge in [-0.3, -0.25) is 14.6 Å². The van der Waals surface area contributed by atoms with Crippen LogP contribution in [-0.2, 0) is 9.59 Å². The van der Waals surface area contributed by atoms with E-state index in [1.165, 1.54) is 0 Å². The third kappa shape index (κ3) is 2.91. The Hall–Kier alpha value is -2.69. The monoisotopic (exact) mass is 281 g/mol. The van der Waals surface area contributed by atoms with Gasteiger partial charge < -0.3 is 10.2 Å². The molecular formula is C16H15N3O2. The molecule has 106 valence electrons. The van der Waals surface area contributed by atoms with Crippen LogP contribution >= 0.6 is 0 Å². The van der Waals surface area contributed by atoms with Crippen molar-refractivity contribution in [1.82, 2.24) is 4.98 Å². The van der Waals surface area contributed by atoms with E-state index in [0.29, 0.717) is 12.2 Å². The zero-order valence-corrected chi connectivity index (χ0v) is 11.4. The first kappa shape index (κ1) is 13.3. The number of anilines is 2. The van der Waals surface area contributed by atoms with Crippen LogP contribution in [0.1, 0.15) is 6.42 Å². The molecule has 2 aromatic rings. The fourth-order valence-corrected chi connectivity index (χ4v) is 2.42. The van der Waals surface area contributed by atoms with Crippen LogP contribution in [0.25, 0.3) is 0 Å². The van der Waals surface area contributed by atoms with Crippen LogP contribution in [0.3, 0.4) is 0 Å². The first-order chi connectivity index (χ1) is 10.2. The maximum atomic E-state index is 12.2. The molecule has 1 atom stereocenters. The summed E-state index contributed by atoms with van der Waals surface area (Å²) in [6, 6.07) is 12.9. The minimum absolute atomic E-state index is 0.0208. The third-order valence-electron chi connectivity index (χ3n) is 3.49. The fourth-order valence-electron chi connectivity index (χ4n) is 2.42. The minimum Gasteiger partial charge on any atom is -0.324 e. The summed E-state index contributed by atoms with van der Waals surface area (Å²) in [4.78, 5) is 29.9. The molecule has 1 aliphatic heterocycles. The summed E-state index contributed by atoms with van der Waals surface area (Å²) in [5.41, 5.74) is 1.48. The van der Waals surface area contributed by atoms with Crippen molar-refractivity contribution in [2.24, 2.45) is 5.92 Å². The molecule has 5 heteroatoms. The Morgan fingerprint density at radius 2 is 2.00 bits per heavy atom. The first-order valence-electron chi connectivity index (χ1n) is 6.80. The number of nitrogens with zero attached hydrogens (tertiary/aromatic N) is 2. The topological polar surface area (TPSA) is 62.3 Å². The molecule has 2 amide bonds. The molecular weight excluding hydrogens is 266 g/mol. The van der Waals surface area contributed by atoms with Crippen molar-refractivity contribution >= 4 is 23.2 Å². The van der Waals surface area contributed by atoms with Crippen LogP contribution in [0.4, 0.5) is 11.4 Å². The van der Waals surface area contributed by atoms with Gasteiger partial charge in [-0.05, 0) is 24.3 Å². The number of amides is 2. The van der Waals surface area contributed by atoms with E-state index in [1.54, 1.807) is 29.4 Å². The molecule has 21 heavy (non-hydrogen) atoms. The molecule has 1 saturated heterocycles. The molecule has 1 aromatic carbocycles. The SMILES string of the molecule is O=C(Nc1cccnc1)[C@H]1CC(=O)N(c2ccccc2)C1. The Bertz CT molecular complexity index is 643. The van der Waals surface area contributed by atoms with Crippen molar-refractivity contribution in [3.8, 4) is 0 Å². The second kappa shape index (κ2) is 5.75. The third-order valence-corrected chi connectivity index (χ3v) is 3.49. The lowest BCUT2D eigenvalue weighted by Crippen LogP contribution is -2.28. The molecule has 0 saturated carbocycles.